The van der Waals surface area contributed by atoms with Crippen LogP contribution in [0.15, 0.2) is 54.3 Å². The average molecular weight is 422 g/mol. The van der Waals surface area contributed by atoms with Crippen molar-refractivity contribution in [1.82, 2.24) is 5.32 Å². The van der Waals surface area contributed by atoms with Gasteiger partial charge in [-0.1, -0.05) is 12.1 Å². The molecule has 0 spiro atoms. The summed E-state index contributed by atoms with van der Waals surface area (Å²) in [6.07, 6.45) is 1.77. The molecule has 0 aromatic heterocycles. The lowest BCUT2D eigenvalue weighted by Gasteiger charge is -2.23. The van der Waals surface area contributed by atoms with Crippen LogP contribution in [-0.4, -0.2) is 35.0 Å². The van der Waals surface area contributed by atoms with Crippen molar-refractivity contribution < 1.29 is 28.6 Å². The highest BCUT2D eigenvalue weighted by Crippen LogP contribution is 2.44. The molecule has 0 fully saturated rings. The molecule has 31 heavy (non-hydrogen) atoms. The Hall–Kier alpha value is -3.94. The highest BCUT2D eigenvalue weighted by Gasteiger charge is 2.38. The number of fused-ring (bicyclic) bond motifs is 1. The Morgan fingerprint density at radius 2 is 1.87 bits per heavy atom. The van der Waals surface area contributed by atoms with Crippen molar-refractivity contribution >= 4 is 34.6 Å². The summed E-state index contributed by atoms with van der Waals surface area (Å²) in [5.74, 6) is -2.04. The van der Waals surface area contributed by atoms with E-state index in [1.165, 1.54) is 18.2 Å². The molecule has 0 saturated carbocycles. The van der Waals surface area contributed by atoms with Gasteiger partial charge in [0.15, 0.2) is 0 Å². The summed E-state index contributed by atoms with van der Waals surface area (Å²) in [6.45, 7) is 3.26. The number of halogens is 1. The van der Waals surface area contributed by atoms with Gasteiger partial charge in [-0.25, -0.2) is 4.39 Å². The van der Waals surface area contributed by atoms with Crippen LogP contribution in [-0.2, 0) is 14.3 Å². The van der Waals surface area contributed by atoms with Gasteiger partial charge in [0.2, 0.25) is 0 Å². The summed E-state index contributed by atoms with van der Waals surface area (Å²) in [5.41, 5.74) is 2.46. The lowest BCUT2D eigenvalue weighted by Crippen LogP contribution is -2.29. The minimum Gasteiger partial charge on any atom is -0.482 e. The van der Waals surface area contributed by atoms with E-state index in [1.807, 2.05) is 13.8 Å². The SMILES string of the molecule is CC1(C)OC(=C2C(=O)Nc3cc(F)ccc32)C=C1c1ccc(C(=O)NCC(=O)O)cc1. The van der Waals surface area contributed by atoms with Gasteiger partial charge in [0.1, 0.15) is 23.7 Å². The van der Waals surface area contributed by atoms with Crippen molar-refractivity contribution in [3.63, 3.8) is 0 Å². The molecule has 2 aliphatic heterocycles. The van der Waals surface area contributed by atoms with E-state index in [1.54, 1.807) is 30.3 Å². The number of nitrogens with one attached hydrogen (secondary N) is 2. The number of carboxylic acids is 1. The predicted octanol–water partition coefficient (Wildman–Crippen LogP) is 3.20. The van der Waals surface area contributed by atoms with Gasteiger partial charge in [-0.2, -0.15) is 0 Å². The summed E-state index contributed by atoms with van der Waals surface area (Å²) in [6, 6.07) is 10.7. The smallest absolute Gasteiger partial charge is 0.322 e. The Bertz CT molecular complexity index is 1180. The number of anilines is 1. The average Bonchev–Trinajstić information content (AvgIpc) is 3.20. The lowest BCUT2D eigenvalue weighted by molar-refractivity contribution is -0.135. The molecule has 2 aromatic rings. The Morgan fingerprint density at radius 3 is 2.55 bits per heavy atom. The first-order valence-corrected chi connectivity index (χ1v) is 9.53. The van der Waals surface area contributed by atoms with Crippen molar-refractivity contribution in [1.29, 1.82) is 0 Å². The normalized spacial score (nSPS) is 18.7. The molecule has 0 radical (unpaired) electrons. The molecule has 2 aliphatic rings. The Labute approximate surface area is 177 Å². The van der Waals surface area contributed by atoms with E-state index in [0.717, 1.165) is 11.1 Å². The van der Waals surface area contributed by atoms with Crippen LogP contribution in [0.25, 0.3) is 11.1 Å². The summed E-state index contributed by atoms with van der Waals surface area (Å²) in [5, 5.41) is 13.6. The number of amides is 2. The number of carbonyl (C=O) groups excluding carboxylic acids is 2. The van der Waals surface area contributed by atoms with Gasteiger partial charge < -0.3 is 20.5 Å². The van der Waals surface area contributed by atoms with Crippen LogP contribution in [0.5, 0.6) is 0 Å². The molecule has 0 saturated heterocycles. The fraction of sp³-hybridized carbons (Fsp3) is 0.174. The molecular weight excluding hydrogens is 403 g/mol. The zero-order valence-corrected chi connectivity index (χ0v) is 16.8. The number of ether oxygens (including phenoxy) is 1. The molecule has 3 N–H and O–H groups in total. The summed E-state index contributed by atoms with van der Waals surface area (Å²) in [4.78, 5) is 35.1. The summed E-state index contributed by atoms with van der Waals surface area (Å²) in [7, 11) is 0. The van der Waals surface area contributed by atoms with Crippen LogP contribution >= 0.6 is 0 Å². The Balaban J connectivity index is 1.67. The Kier molecular flexibility index (Phi) is 4.85. The number of hydrogen-bond acceptors (Lipinski definition) is 4. The summed E-state index contributed by atoms with van der Waals surface area (Å²) >= 11 is 0. The summed E-state index contributed by atoms with van der Waals surface area (Å²) < 4.78 is 19.6. The third-order valence-corrected chi connectivity index (χ3v) is 5.12. The standard InChI is InChI=1S/C23H19FN2O5/c1-23(2)16(12-3-5-13(6-4-12)21(29)25-11-19(27)28)10-18(31-23)20-15-8-7-14(24)9-17(15)26-22(20)30/h3-10H,11H2,1-2H3,(H,25,29)(H,26,30)(H,27,28). The second kappa shape index (κ2) is 7.39. The van der Waals surface area contributed by atoms with Gasteiger partial charge in [0, 0.05) is 16.7 Å². The van der Waals surface area contributed by atoms with Crippen LogP contribution in [0.4, 0.5) is 10.1 Å². The minimum atomic E-state index is -1.12. The van der Waals surface area contributed by atoms with E-state index in [4.69, 9.17) is 9.84 Å². The fourth-order valence-corrected chi connectivity index (χ4v) is 3.67. The molecule has 0 aliphatic carbocycles. The van der Waals surface area contributed by atoms with Gasteiger partial charge in [-0.3, -0.25) is 14.4 Å². The highest BCUT2D eigenvalue weighted by atomic mass is 19.1. The largest absolute Gasteiger partial charge is 0.482 e. The van der Waals surface area contributed by atoms with Crippen molar-refractivity contribution in [2.24, 2.45) is 0 Å². The van der Waals surface area contributed by atoms with Gasteiger partial charge in [0.25, 0.3) is 11.8 Å². The molecule has 2 amide bonds. The van der Waals surface area contributed by atoms with Gasteiger partial charge in [-0.15, -0.1) is 0 Å². The third-order valence-electron chi connectivity index (χ3n) is 5.12. The van der Waals surface area contributed by atoms with E-state index in [-0.39, 0.29) is 5.91 Å². The topological polar surface area (TPSA) is 105 Å². The molecule has 0 atom stereocenters. The quantitative estimate of drug-likeness (QED) is 0.657. The maximum absolute atomic E-state index is 13.5. The maximum Gasteiger partial charge on any atom is 0.322 e. The van der Waals surface area contributed by atoms with Crippen LogP contribution < -0.4 is 10.6 Å². The monoisotopic (exact) mass is 422 g/mol. The molecule has 2 heterocycles. The van der Waals surface area contributed by atoms with Crippen molar-refractivity contribution in [2.45, 2.75) is 19.4 Å². The van der Waals surface area contributed by atoms with E-state index in [9.17, 15) is 18.8 Å². The van der Waals surface area contributed by atoms with Gasteiger partial charge in [0.05, 0.1) is 11.3 Å². The van der Waals surface area contributed by atoms with Crippen molar-refractivity contribution in [3.05, 3.63) is 76.8 Å². The molecule has 8 heteroatoms. The number of aliphatic carboxylic acids is 1. The number of hydrogen-bond donors (Lipinski definition) is 3. The first kappa shape index (κ1) is 20.3. The predicted molar refractivity (Wildman–Crippen MR) is 112 cm³/mol. The molecular formula is C23H19FN2O5. The fourth-order valence-electron chi connectivity index (χ4n) is 3.67. The molecule has 2 aromatic carbocycles. The number of carbonyl (C=O) groups is 3. The van der Waals surface area contributed by atoms with Crippen LogP contribution in [0.2, 0.25) is 0 Å². The van der Waals surface area contributed by atoms with Gasteiger partial charge in [-0.05, 0) is 55.8 Å². The van der Waals surface area contributed by atoms with Crippen LogP contribution in [0.3, 0.4) is 0 Å². The highest BCUT2D eigenvalue weighted by molar-refractivity contribution is 6.32. The molecule has 158 valence electrons. The lowest BCUT2D eigenvalue weighted by atomic mass is 9.91. The number of benzene rings is 2. The first-order valence-electron chi connectivity index (χ1n) is 9.53. The third kappa shape index (κ3) is 3.79. The number of allylic oxidation sites excluding steroid dienone is 1. The zero-order chi connectivity index (χ0) is 22.3. The van der Waals surface area contributed by atoms with Crippen LogP contribution in [0, 0.1) is 5.82 Å². The van der Waals surface area contributed by atoms with E-state index in [0.29, 0.717) is 28.1 Å². The second-order valence-electron chi connectivity index (χ2n) is 7.71. The molecule has 7 nitrogen and oxygen atoms in total. The maximum atomic E-state index is 13.5. The Morgan fingerprint density at radius 1 is 1.16 bits per heavy atom. The van der Waals surface area contributed by atoms with E-state index >= 15 is 0 Å². The number of rotatable bonds is 4. The minimum absolute atomic E-state index is 0.326. The molecule has 0 bridgehead atoms. The van der Waals surface area contributed by atoms with E-state index < -0.39 is 29.8 Å². The van der Waals surface area contributed by atoms with E-state index in [2.05, 4.69) is 10.6 Å². The molecule has 0 unspecified atom stereocenters. The second-order valence-corrected chi connectivity index (χ2v) is 7.71. The van der Waals surface area contributed by atoms with Crippen molar-refractivity contribution in [2.75, 3.05) is 11.9 Å². The molecule has 4 rings (SSSR count). The van der Waals surface area contributed by atoms with Crippen LogP contribution in [0.1, 0.15) is 35.3 Å². The first-order chi connectivity index (χ1) is 14.7. The van der Waals surface area contributed by atoms with Crippen molar-refractivity contribution in [3.8, 4) is 0 Å². The van der Waals surface area contributed by atoms with Gasteiger partial charge >= 0.3 is 5.97 Å². The zero-order valence-electron chi connectivity index (χ0n) is 16.8. The number of carboxylic acid groups (broad SMARTS) is 1.